The van der Waals surface area contributed by atoms with Gasteiger partial charge >= 0.3 is 0 Å². The first-order valence-corrected chi connectivity index (χ1v) is 12.8. The second-order valence-electron chi connectivity index (χ2n) is 8.37. The molecule has 1 saturated heterocycles. The Kier molecular flexibility index (Phi) is 6.57. The number of likely N-dealkylation sites (tertiary alicyclic amines) is 1. The Bertz CT molecular complexity index is 1150. The number of fused-ring (bicyclic) bond motifs is 1. The second kappa shape index (κ2) is 9.20. The van der Waals surface area contributed by atoms with E-state index in [1.165, 1.54) is 5.69 Å². The van der Waals surface area contributed by atoms with Gasteiger partial charge in [-0.2, -0.15) is 0 Å². The minimum absolute atomic E-state index is 0.0854. The number of carbonyl (C=O) groups excluding carboxylic acids is 1. The summed E-state index contributed by atoms with van der Waals surface area (Å²) in [6.45, 7) is 6.75. The van der Waals surface area contributed by atoms with Crippen LogP contribution in [-0.2, 0) is 17.6 Å². The van der Waals surface area contributed by atoms with Crippen LogP contribution >= 0.6 is 23.1 Å². The molecular weight excluding hydrogens is 428 g/mol. The van der Waals surface area contributed by atoms with Crippen molar-refractivity contribution in [1.82, 2.24) is 19.4 Å². The Morgan fingerprint density at radius 2 is 2.16 bits per heavy atom. The summed E-state index contributed by atoms with van der Waals surface area (Å²) in [5, 5.41) is 0.490. The lowest BCUT2D eigenvalue weighted by Crippen LogP contribution is -2.40. The van der Waals surface area contributed by atoms with Crippen LogP contribution in [-0.4, -0.2) is 37.1 Å². The van der Waals surface area contributed by atoms with Crippen LogP contribution in [0.15, 0.2) is 23.1 Å². The summed E-state index contributed by atoms with van der Waals surface area (Å²) >= 11 is 3.10. The molecule has 8 heteroatoms. The molecule has 0 saturated carbocycles. The highest BCUT2D eigenvalue weighted by Gasteiger charge is 2.31. The van der Waals surface area contributed by atoms with Gasteiger partial charge < -0.3 is 14.5 Å². The Balaban J connectivity index is 1.49. The van der Waals surface area contributed by atoms with E-state index in [0.29, 0.717) is 17.0 Å². The summed E-state index contributed by atoms with van der Waals surface area (Å²) in [6.07, 6.45) is 6.41. The third-order valence-corrected chi connectivity index (χ3v) is 8.51. The van der Waals surface area contributed by atoms with Crippen molar-refractivity contribution < 1.29 is 4.79 Å². The minimum Gasteiger partial charge on any atom is -0.353 e. The predicted molar refractivity (Wildman–Crippen MR) is 129 cm³/mol. The number of rotatable bonds is 5. The van der Waals surface area contributed by atoms with E-state index >= 15 is 0 Å². The molecule has 31 heavy (non-hydrogen) atoms. The number of nitrogens with zero attached hydrogens (tertiary/aromatic N) is 3. The van der Waals surface area contributed by atoms with E-state index in [2.05, 4.69) is 25.5 Å². The quantitative estimate of drug-likeness (QED) is 0.601. The fourth-order valence-electron chi connectivity index (χ4n) is 4.38. The lowest BCUT2D eigenvalue weighted by atomic mass is 10.1. The van der Waals surface area contributed by atoms with Crippen molar-refractivity contribution in [2.24, 2.45) is 7.05 Å². The smallest absolute Gasteiger partial charge is 0.259 e. The molecule has 1 aliphatic rings. The number of aryl methyl sites for hydroxylation is 3. The second-order valence-corrected chi connectivity index (χ2v) is 10.9. The molecule has 0 radical (unpaired) electrons. The van der Waals surface area contributed by atoms with Crippen LogP contribution in [0.25, 0.3) is 10.2 Å². The molecule has 0 aromatic carbocycles. The van der Waals surface area contributed by atoms with Crippen molar-refractivity contribution in [2.75, 3.05) is 6.54 Å². The van der Waals surface area contributed by atoms with E-state index in [1.807, 2.05) is 40.1 Å². The number of aromatic amines is 1. The number of H-pyrrole nitrogens is 1. The first-order chi connectivity index (χ1) is 14.9. The Labute approximate surface area is 191 Å². The molecule has 1 fully saturated rings. The molecule has 2 unspecified atom stereocenters. The third-order valence-electron chi connectivity index (χ3n) is 6.27. The average molecular weight is 459 g/mol. The minimum atomic E-state index is -0.200. The number of thiophene rings is 1. The zero-order chi connectivity index (χ0) is 22.1. The van der Waals surface area contributed by atoms with Gasteiger partial charge in [-0.25, -0.2) is 4.98 Å². The highest BCUT2D eigenvalue weighted by atomic mass is 32.2. The van der Waals surface area contributed by atoms with Gasteiger partial charge in [0.15, 0.2) is 0 Å². The number of thioether (sulfide) groups is 1. The van der Waals surface area contributed by atoms with E-state index in [4.69, 9.17) is 0 Å². The molecular formula is C23H30N4O2S2. The summed E-state index contributed by atoms with van der Waals surface area (Å²) in [5.74, 6) is 1.32. The summed E-state index contributed by atoms with van der Waals surface area (Å²) in [5.41, 5.74) is 2.12. The lowest BCUT2D eigenvalue weighted by molar-refractivity contribution is -0.132. The van der Waals surface area contributed by atoms with Crippen LogP contribution in [0.4, 0.5) is 0 Å². The van der Waals surface area contributed by atoms with Gasteiger partial charge in [0.25, 0.3) is 5.56 Å². The number of aromatic nitrogens is 3. The fraction of sp³-hybridized carbons (Fsp3) is 0.522. The van der Waals surface area contributed by atoms with Crippen molar-refractivity contribution in [3.63, 3.8) is 0 Å². The van der Waals surface area contributed by atoms with Crippen molar-refractivity contribution in [3.8, 4) is 0 Å². The molecule has 1 N–H and O–H groups in total. The predicted octanol–water partition coefficient (Wildman–Crippen LogP) is 4.71. The van der Waals surface area contributed by atoms with Gasteiger partial charge in [0.1, 0.15) is 10.7 Å². The molecule has 3 aromatic rings. The molecule has 6 nitrogen and oxygen atoms in total. The molecule has 4 rings (SSSR count). The number of hydrogen-bond acceptors (Lipinski definition) is 5. The first kappa shape index (κ1) is 22.1. The van der Waals surface area contributed by atoms with Gasteiger partial charge in [0.2, 0.25) is 5.91 Å². The van der Waals surface area contributed by atoms with Crippen LogP contribution < -0.4 is 5.56 Å². The maximum Gasteiger partial charge on any atom is 0.259 e. The fourth-order valence-corrected chi connectivity index (χ4v) is 6.25. The maximum absolute atomic E-state index is 13.4. The number of amides is 1. The zero-order valence-corrected chi connectivity index (χ0v) is 20.2. The van der Waals surface area contributed by atoms with E-state index in [1.54, 1.807) is 23.1 Å². The molecule has 1 aliphatic heterocycles. The molecule has 4 heterocycles. The van der Waals surface area contributed by atoms with Crippen LogP contribution in [0.3, 0.4) is 0 Å². The van der Waals surface area contributed by atoms with Crippen molar-refractivity contribution in [2.45, 2.75) is 63.5 Å². The van der Waals surface area contributed by atoms with E-state index in [0.717, 1.165) is 47.5 Å². The first-order valence-electron chi connectivity index (χ1n) is 10.9. The normalized spacial score (nSPS) is 18.3. The Morgan fingerprint density at radius 1 is 1.35 bits per heavy atom. The van der Waals surface area contributed by atoms with Gasteiger partial charge in [-0.1, -0.05) is 12.8 Å². The SMILES string of the molecule is Cc1sc2nc(CSC(C)C(=O)N3CCCCCC3c3cccn3C)[nH]c(=O)c2c1C. The Hall–Kier alpha value is -2.06. The number of nitrogens with one attached hydrogen (secondary N) is 1. The summed E-state index contributed by atoms with van der Waals surface area (Å²) < 4.78 is 2.13. The largest absolute Gasteiger partial charge is 0.353 e. The molecule has 3 aromatic heterocycles. The van der Waals surface area contributed by atoms with Crippen LogP contribution in [0.5, 0.6) is 0 Å². The molecule has 1 amide bonds. The highest BCUT2D eigenvalue weighted by molar-refractivity contribution is 7.99. The van der Waals surface area contributed by atoms with Gasteiger partial charge in [0, 0.05) is 30.4 Å². The molecule has 166 valence electrons. The number of carbonyl (C=O) groups is 1. The topological polar surface area (TPSA) is 71.0 Å². The maximum atomic E-state index is 13.4. The third kappa shape index (κ3) is 4.46. The van der Waals surface area contributed by atoms with Crippen molar-refractivity contribution in [1.29, 1.82) is 0 Å². The average Bonchev–Trinajstić information content (AvgIpc) is 3.18. The lowest BCUT2D eigenvalue weighted by Gasteiger charge is -2.32. The van der Waals surface area contributed by atoms with Crippen LogP contribution in [0.1, 0.15) is 60.6 Å². The molecule has 0 aliphatic carbocycles. The van der Waals surface area contributed by atoms with E-state index in [-0.39, 0.29) is 22.8 Å². The van der Waals surface area contributed by atoms with Gasteiger partial charge in [-0.05, 0) is 51.3 Å². The van der Waals surface area contributed by atoms with Crippen molar-refractivity contribution >= 4 is 39.2 Å². The molecule has 2 atom stereocenters. The summed E-state index contributed by atoms with van der Waals surface area (Å²) in [6, 6.07) is 4.31. The molecule has 0 spiro atoms. The van der Waals surface area contributed by atoms with Gasteiger partial charge in [-0.3, -0.25) is 9.59 Å². The summed E-state index contributed by atoms with van der Waals surface area (Å²) in [7, 11) is 2.05. The van der Waals surface area contributed by atoms with Gasteiger partial charge in [-0.15, -0.1) is 23.1 Å². The van der Waals surface area contributed by atoms with E-state index in [9.17, 15) is 9.59 Å². The number of hydrogen-bond donors (Lipinski definition) is 1. The highest BCUT2D eigenvalue weighted by Crippen LogP contribution is 2.32. The summed E-state index contributed by atoms with van der Waals surface area (Å²) in [4.78, 5) is 37.5. The molecule has 0 bridgehead atoms. The zero-order valence-electron chi connectivity index (χ0n) is 18.6. The van der Waals surface area contributed by atoms with Crippen molar-refractivity contribution in [3.05, 3.63) is 50.6 Å². The standard InChI is InChI=1S/C23H30N4O2S2/c1-14-15(2)31-22-20(14)21(28)24-19(25-22)13-30-16(3)23(29)27-12-7-5-6-9-18(27)17-10-8-11-26(17)4/h8,10-11,16,18H,5-7,9,12-13H2,1-4H3,(H,24,25,28). The monoisotopic (exact) mass is 458 g/mol. The Morgan fingerprint density at radius 3 is 2.90 bits per heavy atom. The van der Waals surface area contributed by atoms with E-state index < -0.39 is 0 Å². The van der Waals surface area contributed by atoms with Crippen LogP contribution in [0.2, 0.25) is 0 Å². The van der Waals surface area contributed by atoms with Gasteiger partial charge in [0.05, 0.1) is 22.4 Å². The van der Waals surface area contributed by atoms with Crippen LogP contribution in [0, 0.1) is 13.8 Å².